The number of hydrogen-bond donors (Lipinski definition) is 0. The summed E-state index contributed by atoms with van der Waals surface area (Å²) < 4.78 is 77.3. The lowest BCUT2D eigenvalue weighted by Gasteiger charge is -2.21. The minimum absolute atomic E-state index is 0.0531. The number of halogens is 6. The highest BCUT2D eigenvalue weighted by atomic mass is 19.4. The molecule has 3 nitrogen and oxygen atoms in total. The van der Waals surface area contributed by atoms with E-state index in [1.165, 1.54) is 36.2 Å². The Labute approximate surface area is 143 Å². The van der Waals surface area contributed by atoms with Gasteiger partial charge in [0, 0.05) is 18.1 Å². The average molecular weight is 371 g/mol. The predicted octanol–water partition coefficient (Wildman–Crippen LogP) is 5.44. The van der Waals surface area contributed by atoms with Gasteiger partial charge in [-0.3, -0.25) is 0 Å². The van der Waals surface area contributed by atoms with Gasteiger partial charge < -0.3 is 4.90 Å². The van der Waals surface area contributed by atoms with Crippen LogP contribution in [-0.4, -0.2) is 17.0 Å². The van der Waals surface area contributed by atoms with Crippen LogP contribution in [0.4, 0.5) is 37.8 Å². The van der Waals surface area contributed by atoms with Crippen LogP contribution in [0.15, 0.2) is 48.5 Å². The van der Waals surface area contributed by atoms with E-state index in [-0.39, 0.29) is 17.0 Å². The van der Waals surface area contributed by atoms with E-state index in [9.17, 15) is 26.3 Å². The lowest BCUT2D eigenvalue weighted by atomic mass is 10.1. The van der Waals surface area contributed by atoms with Crippen molar-refractivity contribution in [2.24, 2.45) is 0 Å². The molecule has 2 aromatic carbocycles. The largest absolute Gasteiger partial charge is 0.451 e. The van der Waals surface area contributed by atoms with Crippen LogP contribution in [-0.2, 0) is 12.4 Å². The standard InChI is InChI=1S/C17H11F6N3/c1-26(11-8-6-10(7-9-11)16(18,19)20)14-12-4-2-3-5-13(12)24-15(25-14)17(21,22)23/h2-9H,1H3. The molecule has 0 aliphatic heterocycles. The summed E-state index contributed by atoms with van der Waals surface area (Å²) in [6, 6.07) is 10.2. The van der Waals surface area contributed by atoms with Gasteiger partial charge in [-0.2, -0.15) is 26.3 Å². The van der Waals surface area contributed by atoms with Gasteiger partial charge in [0.1, 0.15) is 5.82 Å². The van der Waals surface area contributed by atoms with E-state index in [0.29, 0.717) is 5.39 Å². The van der Waals surface area contributed by atoms with Gasteiger partial charge in [-0.05, 0) is 36.4 Å². The molecule has 0 saturated heterocycles. The van der Waals surface area contributed by atoms with Crippen molar-refractivity contribution in [2.75, 3.05) is 11.9 Å². The fourth-order valence-electron chi connectivity index (χ4n) is 2.44. The number of para-hydroxylation sites is 1. The van der Waals surface area contributed by atoms with Crippen molar-refractivity contribution in [3.8, 4) is 0 Å². The van der Waals surface area contributed by atoms with Crippen molar-refractivity contribution >= 4 is 22.4 Å². The van der Waals surface area contributed by atoms with Crippen molar-refractivity contribution in [1.29, 1.82) is 0 Å². The van der Waals surface area contributed by atoms with Crippen molar-refractivity contribution in [1.82, 2.24) is 9.97 Å². The van der Waals surface area contributed by atoms with Crippen LogP contribution in [0, 0.1) is 0 Å². The zero-order chi connectivity index (χ0) is 19.1. The van der Waals surface area contributed by atoms with Gasteiger partial charge in [0.05, 0.1) is 11.1 Å². The third-order valence-corrected chi connectivity index (χ3v) is 3.74. The molecule has 0 bridgehead atoms. The maximum atomic E-state index is 13.1. The summed E-state index contributed by atoms with van der Waals surface area (Å²) in [5.74, 6) is -1.37. The second-order valence-electron chi connectivity index (χ2n) is 5.49. The summed E-state index contributed by atoms with van der Waals surface area (Å²) >= 11 is 0. The van der Waals surface area contributed by atoms with Gasteiger partial charge in [-0.25, -0.2) is 9.97 Å². The summed E-state index contributed by atoms with van der Waals surface area (Å²) in [6.07, 6.45) is -9.25. The number of hydrogen-bond acceptors (Lipinski definition) is 3. The molecule has 0 unspecified atom stereocenters. The van der Waals surface area contributed by atoms with Gasteiger partial charge in [0.2, 0.25) is 5.82 Å². The summed E-state index contributed by atoms with van der Waals surface area (Å²) in [5, 5.41) is 0.350. The monoisotopic (exact) mass is 371 g/mol. The lowest BCUT2D eigenvalue weighted by molar-refractivity contribution is -0.144. The molecule has 0 amide bonds. The number of rotatable bonds is 2. The molecular formula is C17H11F6N3. The molecule has 9 heteroatoms. The highest BCUT2D eigenvalue weighted by Gasteiger charge is 2.36. The van der Waals surface area contributed by atoms with Gasteiger partial charge >= 0.3 is 12.4 Å². The van der Waals surface area contributed by atoms with Crippen LogP contribution in [0.3, 0.4) is 0 Å². The van der Waals surface area contributed by atoms with E-state index in [1.807, 2.05) is 0 Å². The Hall–Kier alpha value is -2.84. The van der Waals surface area contributed by atoms with Crippen LogP contribution in [0.1, 0.15) is 11.4 Å². The fourth-order valence-corrected chi connectivity index (χ4v) is 2.44. The molecule has 1 heterocycles. The SMILES string of the molecule is CN(c1ccc(C(F)(F)F)cc1)c1nc(C(F)(F)F)nc2ccccc12. The van der Waals surface area contributed by atoms with E-state index >= 15 is 0 Å². The summed E-state index contributed by atoms with van der Waals surface area (Å²) in [6.45, 7) is 0. The second-order valence-corrected chi connectivity index (χ2v) is 5.49. The summed E-state index contributed by atoms with van der Waals surface area (Å²) in [7, 11) is 1.43. The molecule has 0 radical (unpaired) electrons. The number of alkyl halides is 6. The van der Waals surface area contributed by atoms with Crippen molar-refractivity contribution in [2.45, 2.75) is 12.4 Å². The second kappa shape index (κ2) is 6.15. The molecule has 0 aliphatic rings. The zero-order valence-corrected chi connectivity index (χ0v) is 13.2. The normalized spacial score (nSPS) is 12.4. The molecule has 0 aliphatic carbocycles. The molecule has 0 atom stereocenters. The van der Waals surface area contributed by atoms with Gasteiger partial charge in [-0.1, -0.05) is 12.1 Å². The zero-order valence-electron chi connectivity index (χ0n) is 13.2. The molecule has 1 aromatic heterocycles. The molecule has 136 valence electrons. The molecule has 3 aromatic rings. The van der Waals surface area contributed by atoms with E-state index in [0.717, 1.165) is 12.1 Å². The molecule has 0 fully saturated rings. The molecule has 3 rings (SSSR count). The van der Waals surface area contributed by atoms with Crippen molar-refractivity contribution in [3.05, 3.63) is 59.9 Å². The molecule has 0 spiro atoms. The first-order valence-corrected chi connectivity index (χ1v) is 7.32. The van der Waals surface area contributed by atoms with E-state index in [4.69, 9.17) is 0 Å². The molecule has 0 N–H and O–H groups in total. The van der Waals surface area contributed by atoms with Gasteiger partial charge in [-0.15, -0.1) is 0 Å². The Morgan fingerprint density at radius 3 is 1.96 bits per heavy atom. The van der Waals surface area contributed by atoms with Gasteiger partial charge in [0.25, 0.3) is 0 Å². The first kappa shape index (κ1) is 18.0. The number of nitrogens with zero attached hydrogens (tertiary/aromatic N) is 3. The average Bonchev–Trinajstić information content (AvgIpc) is 2.58. The van der Waals surface area contributed by atoms with Gasteiger partial charge in [0.15, 0.2) is 0 Å². The Morgan fingerprint density at radius 2 is 1.38 bits per heavy atom. The van der Waals surface area contributed by atoms with Crippen LogP contribution in [0.2, 0.25) is 0 Å². The lowest BCUT2D eigenvalue weighted by Crippen LogP contribution is -2.17. The maximum absolute atomic E-state index is 13.1. The predicted molar refractivity (Wildman–Crippen MR) is 84.0 cm³/mol. The Morgan fingerprint density at radius 1 is 0.769 bits per heavy atom. The van der Waals surface area contributed by atoms with E-state index in [2.05, 4.69) is 9.97 Å². The Balaban J connectivity index is 2.11. The summed E-state index contributed by atoms with van der Waals surface area (Å²) in [5.41, 5.74) is -0.503. The van der Waals surface area contributed by atoms with Crippen LogP contribution in [0.25, 0.3) is 10.9 Å². The van der Waals surface area contributed by atoms with Crippen LogP contribution >= 0.6 is 0 Å². The fraction of sp³-hybridized carbons (Fsp3) is 0.176. The van der Waals surface area contributed by atoms with E-state index < -0.39 is 23.7 Å². The Bertz CT molecular complexity index is 932. The summed E-state index contributed by atoms with van der Waals surface area (Å²) in [4.78, 5) is 8.40. The topological polar surface area (TPSA) is 29.0 Å². The minimum atomic E-state index is -4.75. The molecule has 26 heavy (non-hydrogen) atoms. The minimum Gasteiger partial charge on any atom is -0.329 e. The number of anilines is 2. The highest BCUT2D eigenvalue weighted by Crippen LogP contribution is 2.35. The third kappa shape index (κ3) is 3.42. The number of aromatic nitrogens is 2. The number of benzene rings is 2. The van der Waals surface area contributed by atoms with Crippen LogP contribution in [0.5, 0.6) is 0 Å². The Kier molecular flexibility index (Phi) is 4.25. The number of fused-ring (bicyclic) bond motifs is 1. The third-order valence-electron chi connectivity index (χ3n) is 3.74. The maximum Gasteiger partial charge on any atom is 0.451 e. The van der Waals surface area contributed by atoms with E-state index in [1.54, 1.807) is 12.1 Å². The smallest absolute Gasteiger partial charge is 0.329 e. The highest BCUT2D eigenvalue weighted by molar-refractivity contribution is 5.91. The molecule has 0 saturated carbocycles. The first-order valence-electron chi connectivity index (χ1n) is 7.32. The van der Waals surface area contributed by atoms with Crippen LogP contribution < -0.4 is 4.90 Å². The van der Waals surface area contributed by atoms with Crippen molar-refractivity contribution in [3.63, 3.8) is 0 Å². The molecular weight excluding hydrogens is 360 g/mol. The quantitative estimate of drug-likeness (QED) is 0.562. The van der Waals surface area contributed by atoms with Crippen molar-refractivity contribution < 1.29 is 26.3 Å². The first-order chi connectivity index (χ1) is 12.1.